The van der Waals surface area contributed by atoms with E-state index in [1.165, 1.54) is 13.8 Å². The number of hydrogen-bond donors (Lipinski definition) is 2. The maximum atomic E-state index is 13.2. The van der Waals surface area contributed by atoms with E-state index in [1.807, 2.05) is 28.1 Å². The van der Waals surface area contributed by atoms with E-state index in [0.717, 1.165) is 0 Å². The lowest BCUT2D eigenvalue weighted by molar-refractivity contribution is -0.870. The van der Waals surface area contributed by atoms with Gasteiger partial charge in [0.05, 0.1) is 54.1 Å². The summed E-state index contributed by atoms with van der Waals surface area (Å²) in [4.78, 5) is 89.1. The average molecular weight is 891 g/mol. The Morgan fingerprint density at radius 1 is 0.548 bits per heavy atom. The number of ether oxygens (including phenoxy) is 11. The van der Waals surface area contributed by atoms with E-state index in [2.05, 4.69) is 0 Å². The van der Waals surface area contributed by atoms with Gasteiger partial charge in [0, 0.05) is 32.5 Å². The lowest BCUT2D eigenvalue weighted by Gasteiger charge is -2.27. The molecule has 0 fully saturated rings. The molecule has 1 aromatic rings. The van der Waals surface area contributed by atoms with Crippen molar-refractivity contribution < 1.29 is 100 Å². The minimum Gasteiger partial charge on any atom is -0.465 e. The van der Waals surface area contributed by atoms with Crippen molar-refractivity contribution in [2.75, 3.05) is 107 Å². The third-order valence-electron chi connectivity index (χ3n) is 8.36. The Morgan fingerprint density at radius 3 is 1.35 bits per heavy atom. The summed E-state index contributed by atoms with van der Waals surface area (Å²) in [6, 6.07) is 8.58. The summed E-state index contributed by atoms with van der Waals surface area (Å²) < 4.78 is 57.0. The number of aliphatic hydroxyl groups is 2. The molecule has 0 amide bonds. The second-order valence-corrected chi connectivity index (χ2v) is 15.5. The van der Waals surface area contributed by atoms with E-state index in [9.17, 15) is 33.6 Å². The molecular formula is C41H64NO20+. The SMILES string of the molecule is CCCCOC(=O)C(C)(COC(=O)OCCCO)COC(=O)OCC(COC(=O)OCC(C)(COC(=O)OCCCO)C(=O)OCCC[N+](C)(C)C)C(=O)OCc1ccccc1. The highest BCUT2D eigenvalue weighted by Gasteiger charge is 2.41. The Bertz CT molecular complexity index is 1520. The molecule has 1 aromatic carbocycles. The van der Waals surface area contributed by atoms with Gasteiger partial charge in [0.15, 0.2) is 0 Å². The highest BCUT2D eigenvalue weighted by Crippen LogP contribution is 2.23. The van der Waals surface area contributed by atoms with Crippen LogP contribution in [0, 0.1) is 16.7 Å². The molecule has 21 nitrogen and oxygen atoms in total. The molecular weight excluding hydrogens is 826 g/mol. The molecule has 0 aliphatic heterocycles. The van der Waals surface area contributed by atoms with Crippen LogP contribution in [0.2, 0.25) is 0 Å². The normalized spacial score (nSPS) is 13.4. The van der Waals surface area contributed by atoms with Crippen molar-refractivity contribution >= 4 is 42.5 Å². The van der Waals surface area contributed by atoms with Crippen LogP contribution < -0.4 is 0 Å². The number of hydrogen-bond acceptors (Lipinski definition) is 20. The summed E-state index contributed by atoms with van der Waals surface area (Å²) >= 11 is 0. The lowest BCUT2D eigenvalue weighted by atomic mass is 9.93. The van der Waals surface area contributed by atoms with Crippen LogP contribution in [-0.2, 0) is 73.1 Å². The molecule has 0 bridgehead atoms. The second kappa shape index (κ2) is 29.8. The highest BCUT2D eigenvalue weighted by molar-refractivity contribution is 5.78. The van der Waals surface area contributed by atoms with Gasteiger partial charge in [-0.2, -0.15) is 0 Å². The molecule has 3 atom stereocenters. The number of rotatable bonds is 30. The van der Waals surface area contributed by atoms with E-state index in [-0.39, 0.29) is 59.1 Å². The maximum absolute atomic E-state index is 13.2. The molecule has 1 rings (SSSR count). The molecule has 0 spiro atoms. The quantitative estimate of drug-likeness (QED) is 0.0482. The summed E-state index contributed by atoms with van der Waals surface area (Å²) in [6.45, 7) is 0.123. The predicted molar refractivity (Wildman–Crippen MR) is 213 cm³/mol. The van der Waals surface area contributed by atoms with Crippen LogP contribution in [-0.4, -0.2) is 164 Å². The van der Waals surface area contributed by atoms with Crippen LogP contribution in [0.3, 0.4) is 0 Å². The Labute approximate surface area is 361 Å². The fraction of sp³-hybridized carbons (Fsp3) is 0.683. The number of carbonyl (C=O) groups is 7. The minimum atomic E-state index is -1.74. The molecule has 0 radical (unpaired) electrons. The Kier molecular flexibility index (Phi) is 26.2. The van der Waals surface area contributed by atoms with Gasteiger partial charge < -0.3 is 66.8 Å². The molecule has 352 valence electrons. The number of nitrogens with zero attached hydrogens (tertiary/aromatic N) is 1. The van der Waals surface area contributed by atoms with Gasteiger partial charge in [-0.15, -0.1) is 0 Å². The molecule has 0 aliphatic carbocycles. The largest absolute Gasteiger partial charge is 0.508 e. The topological polar surface area (TPSA) is 261 Å². The van der Waals surface area contributed by atoms with Crippen LogP contribution in [0.5, 0.6) is 0 Å². The van der Waals surface area contributed by atoms with Crippen LogP contribution in [0.25, 0.3) is 0 Å². The van der Waals surface area contributed by atoms with Gasteiger partial charge in [0.1, 0.15) is 63.0 Å². The van der Waals surface area contributed by atoms with E-state index >= 15 is 0 Å². The van der Waals surface area contributed by atoms with Gasteiger partial charge in [-0.1, -0.05) is 43.7 Å². The molecule has 0 saturated heterocycles. The molecule has 0 aliphatic rings. The first-order chi connectivity index (χ1) is 29.4. The number of carbonyl (C=O) groups excluding carboxylic acids is 7. The molecule has 2 N–H and O–H groups in total. The Hall–Kier alpha value is -5.41. The number of benzene rings is 1. The minimum absolute atomic E-state index is 0.0152. The summed E-state index contributed by atoms with van der Waals surface area (Å²) in [6.07, 6.45) is -2.95. The summed E-state index contributed by atoms with van der Waals surface area (Å²) in [5.74, 6) is -4.12. The van der Waals surface area contributed by atoms with Gasteiger partial charge in [-0.3, -0.25) is 14.4 Å². The van der Waals surface area contributed by atoms with E-state index in [0.29, 0.717) is 35.9 Å². The van der Waals surface area contributed by atoms with Crippen LogP contribution in [0.1, 0.15) is 58.4 Å². The zero-order valence-electron chi connectivity index (χ0n) is 36.6. The molecule has 0 saturated carbocycles. The number of esters is 3. The predicted octanol–water partition coefficient (Wildman–Crippen LogP) is 3.72. The van der Waals surface area contributed by atoms with E-state index in [4.69, 9.17) is 62.3 Å². The fourth-order valence-electron chi connectivity index (χ4n) is 4.53. The summed E-state index contributed by atoms with van der Waals surface area (Å²) in [5.41, 5.74) is -2.84. The van der Waals surface area contributed by atoms with Gasteiger partial charge in [0.25, 0.3) is 0 Å². The summed E-state index contributed by atoms with van der Waals surface area (Å²) in [5, 5.41) is 17.8. The van der Waals surface area contributed by atoms with Crippen LogP contribution in [0.4, 0.5) is 19.2 Å². The first-order valence-electron chi connectivity index (χ1n) is 20.1. The maximum Gasteiger partial charge on any atom is 0.508 e. The van der Waals surface area contributed by atoms with Crippen LogP contribution >= 0.6 is 0 Å². The highest BCUT2D eigenvalue weighted by atomic mass is 16.7. The smallest absolute Gasteiger partial charge is 0.465 e. The van der Waals surface area contributed by atoms with Crippen LogP contribution in [0.15, 0.2) is 30.3 Å². The average Bonchev–Trinajstić information content (AvgIpc) is 3.24. The molecule has 21 heteroatoms. The molecule has 3 unspecified atom stereocenters. The van der Waals surface area contributed by atoms with Crippen molar-refractivity contribution in [1.29, 1.82) is 0 Å². The molecule has 0 heterocycles. The van der Waals surface area contributed by atoms with Crippen molar-refractivity contribution in [3.05, 3.63) is 35.9 Å². The number of quaternary nitrogens is 1. The van der Waals surface area contributed by atoms with Gasteiger partial charge in [-0.25, -0.2) is 19.2 Å². The third kappa shape index (κ3) is 24.1. The first-order valence-corrected chi connectivity index (χ1v) is 20.1. The van der Waals surface area contributed by atoms with Gasteiger partial charge >= 0.3 is 42.5 Å². The summed E-state index contributed by atoms with van der Waals surface area (Å²) in [7, 11) is 5.88. The fourth-order valence-corrected chi connectivity index (χ4v) is 4.53. The lowest BCUT2D eigenvalue weighted by Crippen LogP contribution is -2.41. The van der Waals surface area contributed by atoms with Crippen molar-refractivity contribution in [1.82, 2.24) is 0 Å². The van der Waals surface area contributed by atoms with Gasteiger partial charge in [0.2, 0.25) is 0 Å². The zero-order valence-corrected chi connectivity index (χ0v) is 36.6. The van der Waals surface area contributed by atoms with Crippen molar-refractivity contribution in [3.8, 4) is 0 Å². The van der Waals surface area contributed by atoms with E-state index < -0.39 is 98.9 Å². The standard InChI is InChI=1S/C41H64NO20/c1-7-8-20-52-34(46)40(2,27-59-36(48)54-22-13-18-43)29-61-38(50)57-25-32(33(45)56-24-31-15-10-9-11-16-31)26-58-39(51)62-30-41(3,28-60-37(49)55-23-14-19-44)35(47)53-21-12-17-42(4,5)6/h9-11,15-16,32,43-44H,7-8,12-14,17-30H2,1-6H3/q+1. The van der Waals surface area contributed by atoms with E-state index in [1.54, 1.807) is 30.3 Å². The molecule has 62 heavy (non-hydrogen) atoms. The second-order valence-electron chi connectivity index (χ2n) is 15.5. The third-order valence-corrected chi connectivity index (χ3v) is 8.36. The zero-order chi connectivity index (χ0) is 46.4. The number of aliphatic hydroxyl groups excluding tert-OH is 2. The van der Waals surface area contributed by atoms with Crippen molar-refractivity contribution in [2.24, 2.45) is 16.7 Å². The van der Waals surface area contributed by atoms with Crippen molar-refractivity contribution in [2.45, 2.75) is 59.5 Å². The Morgan fingerprint density at radius 2 is 0.952 bits per heavy atom. The van der Waals surface area contributed by atoms with Crippen molar-refractivity contribution in [3.63, 3.8) is 0 Å². The van der Waals surface area contributed by atoms with Gasteiger partial charge in [-0.05, 0) is 25.8 Å². The monoisotopic (exact) mass is 890 g/mol. The number of unbranched alkanes of at least 4 members (excludes halogenated alkanes) is 1. The Balaban J connectivity index is 3.04. The first kappa shape index (κ1) is 54.6. The molecule has 0 aromatic heterocycles.